The van der Waals surface area contributed by atoms with E-state index in [1.54, 1.807) is 6.07 Å². The Kier molecular flexibility index (Phi) is 5.72. The first-order valence-electron chi connectivity index (χ1n) is 10.5. The van der Waals surface area contributed by atoms with Crippen molar-refractivity contribution in [3.8, 4) is 0 Å². The van der Waals surface area contributed by atoms with Gasteiger partial charge in [-0.05, 0) is 37.8 Å². The lowest BCUT2D eigenvalue weighted by Gasteiger charge is -2.29. The molecule has 3 heterocycles. The van der Waals surface area contributed by atoms with Gasteiger partial charge in [0.15, 0.2) is 0 Å². The number of rotatable bonds is 8. The number of nitrogens with zero attached hydrogens (tertiary/aromatic N) is 1. The van der Waals surface area contributed by atoms with E-state index in [1.165, 1.54) is 0 Å². The Hall–Kier alpha value is -1.50. The Morgan fingerprint density at radius 1 is 1.46 bits per heavy atom. The molecule has 6 heteroatoms. The molecule has 1 N–H and O–H groups in total. The minimum Gasteiger partial charge on any atom is -0.372 e. The highest BCUT2D eigenvalue weighted by Crippen LogP contribution is 2.54. The van der Waals surface area contributed by atoms with Gasteiger partial charge in [-0.3, -0.25) is 9.69 Å². The second kappa shape index (κ2) is 8.09. The molecular weight excluding hydrogens is 359 g/mol. The molecule has 0 saturated carbocycles. The summed E-state index contributed by atoms with van der Waals surface area (Å²) in [5.41, 5.74) is 1.58. The summed E-state index contributed by atoms with van der Waals surface area (Å²) in [5.74, 6) is 0.547. The van der Waals surface area contributed by atoms with Gasteiger partial charge in [0.1, 0.15) is 12.4 Å². The van der Waals surface area contributed by atoms with Gasteiger partial charge in [0.25, 0.3) is 0 Å². The van der Waals surface area contributed by atoms with Crippen molar-refractivity contribution in [3.63, 3.8) is 0 Å². The molecule has 3 aliphatic rings. The summed E-state index contributed by atoms with van der Waals surface area (Å²) in [7, 11) is 0. The van der Waals surface area contributed by atoms with E-state index in [0.717, 1.165) is 43.5 Å². The number of fused-ring (bicyclic) bond motifs is 1. The molecule has 5 nitrogen and oxygen atoms in total. The van der Waals surface area contributed by atoms with Gasteiger partial charge in [-0.15, -0.1) is 0 Å². The number of likely N-dealkylation sites (tertiary alicyclic amines) is 1. The zero-order chi connectivity index (χ0) is 19.7. The summed E-state index contributed by atoms with van der Waals surface area (Å²) in [4.78, 5) is 14.3. The van der Waals surface area contributed by atoms with E-state index in [-0.39, 0.29) is 30.0 Å². The average Bonchev–Trinajstić information content (AvgIpc) is 3.30. The summed E-state index contributed by atoms with van der Waals surface area (Å²) in [6.07, 6.45) is 3.27. The fourth-order valence-electron chi connectivity index (χ4n) is 5.29. The molecule has 3 aliphatic heterocycles. The van der Waals surface area contributed by atoms with Crippen molar-refractivity contribution in [1.82, 2.24) is 10.2 Å². The number of carbonyl (C=O) groups excluding carboxylic acids is 1. The molecule has 2 bridgehead atoms. The molecule has 3 fully saturated rings. The average molecular weight is 390 g/mol. The molecule has 0 unspecified atom stereocenters. The number of hydrogen-bond donors (Lipinski definition) is 1. The molecule has 1 aromatic carbocycles. The zero-order valence-electron chi connectivity index (χ0n) is 16.9. The number of nitrogens with one attached hydrogen (secondary N) is 1. The third-order valence-electron chi connectivity index (χ3n) is 6.57. The van der Waals surface area contributed by atoms with Gasteiger partial charge in [0, 0.05) is 50.2 Å². The number of carbonyl (C=O) groups is 1. The van der Waals surface area contributed by atoms with E-state index in [9.17, 15) is 9.18 Å². The molecular formula is C22H31FN2O3. The summed E-state index contributed by atoms with van der Waals surface area (Å²) < 4.78 is 26.0. The van der Waals surface area contributed by atoms with Crippen LogP contribution >= 0.6 is 0 Å². The van der Waals surface area contributed by atoms with E-state index >= 15 is 0 Å². The Bertz CT molecular complexity index is 728. The summed E-state index contributed by atoms with van der Waals surface area (Å²) in [5, 5.41) is 3.04. The minimum atomic E-state index is -0.129. The highest BCUT2D eigenvalue weighted by Gasteiger charge is 2.62. The normalized spacial score (nSPS) is 31.3. The third-order valence-corrected chi connectivity index (χ3v) is 6.57. The number of ether oxygens (including phenoxy) is 2. The molecule has 154 valence electrons. The first kappa shape index (κ1) is 19.8. The van der Waals surface area contributed by atoms with Gasteiger partial charge in [0.05, 0.1) is 11.7 Å². The van der Waals surface area contributed by atoms with Crippen LogP contribution in [0.3, 0.4) is 0 Å². The van der Waals surface area contributed by atoms with Gasteiger partial charge in [-0.25, -0.2) is 4.39 Å². The number of amides is 1. The summed E-state index contributed by atoms with van der Waals surface area (Å²) in [6, 6.07) is 5.46. The Morgan fingerprint density at radius 3 is 3.11 bits per heavy atom. The van der Waals surface area contributed by atoms with Crippen molar-refractivity contribution in [3.05, 3.63) is 35.1 Å². The van der Waals surface area contributed by atoms with E-state index in [0.29, 0.717) is 31.5 Å². The van der Waals surface area contributed by atoms with Crippen LogP contribution in [-0.2, 0) is 20.8 Å². The molecule has 0 aromatic heterocycles. The van der Waals surface area contributed by atoms with Crippen LogP contribution in [0.5, 0.6) is 0 Å². The topological polar surface area (TPSA) is 50.8 Å². The molecule has 3 saturated heterocycles. The number of hydrogen-bond acceptors (Lipinski definition) is 4. The van der Waals surface area contributed by atoms with E-state index < -0.39 is 0 Å². The van der Waals surface area contributed by atoms with E-state index in [2.05, 4.69) is 10.2 Å². The number of aryl methyl sites for hydroxylation is 1. The highest BCUT2D eigenvalue weighted by molar-refractivity contribution is 5.77. The lowest BCUT2D eigenvalue weighted by molar-refractivity contribution is -0.126. The maximum absolute atomic E-state index is 14.3. The van der Waals surface area contributed by atoms with Crippen molar-refractivity contribution in [2.24, 2.45) is 11.8 Å². The second-order valence-electron chi connectivity index (χ2n) is 8.65. The van der Waals surface area contributed by atoms with Crippen LogP contribution < -0.4 is 5.32 Å². The van der Waals surface area contributed by atoms with Crippen LogP contribution in [0.15, 0.2) is 18.2 Å². The van der Waals surface area contributed by atoms with Gasteiger partial charge in [-0.1, -0.05) is 19.1 Å². The van der Waals surface area contributed by atoms with Crippen molar-refractivity contribution in [2.45, 2.75) is 51.4 Å². The maximum atomic E-state index is 14.3. The monoisotopic (exact) mass is 390 g/mol. The molecule has 0 radical (unpaired) electrons. The number of benzene rings is 1. The highest BCUT2D eigenvalue weighted by atomic mass is 19.1. The van der Waals surface area contributed by atoms with Crippen LogP contribution in [0, 0.1) is 24.6 Å². The summed E-state index contributed by atoms with van der Waals surface area (Å²) >= 11 is 0. The van der Waals surface area contributed by atoms with Crippen LogP contribution in [0.25, 0.3) is 0 Å². The number of halogens is 1. The fourth-order valence-corrected chi connectivity index (χ4v) is 5.29. The Labute approximate surface area is 166 Å². The van der Waals surface area contributed by atoms with E-state index in [1.807, 2.05) is 26.0 Å². The van der Waals surface area contributed by atoms with Gasteiger partial charge >= 0.3 is 0 Å². The smallest absolute Gasteiger partial charge is 0.246 e. The third kappa shape index (κ3) is 3.82. The first-order valence-corrected chi connectivity index (χ1v) is 10.5. The van der Waals surface area contributed by atoms with Crippen molar-refractivity contribution >= 4 is 5.91 Å². The van der Waals surface area contributed by atoms with Crippen LogP contribution in [0.4, 0.5) is 4.39 Å². The Balaban J connectivity index is 1.35. The molecule has 4 rings (SSSR count). The lowest BCUT2D eigenvalue weighted by atomic mass is 9.73. The van der Waals surface area contributed by atoms with Gasteiger partial charge in [-0.2, -0.15) is 0 Å². The molecule has 1 spiro atoms. The van der Waals surface area contributed by atoms with Crippen LogP contribution in [0.1, 0.15) is 37.3 Å². The Morgan fingerprint density at radius 2 is 2.32 bits per heavy atom. The SMILES string of the molecule is CCCOCC(=O)NC[C@H]1[C@H]2CN(Cc3ccc(C)cc3F)C[C@]23CC[C@H]1O3. The van der Waals surface area contributed by atoms with Crippen molar-refractivity contribution < 1.29 is 18.7 Å². The maximum Gasteiger partial charge on any atom is 0.246 e. The minimum absolute atomic E-state index is 0.0538. The van der Waals surface area contributed by atoms with Crippen molar-refractivity contribution in [1.29, 1.82) is 0 Å². The standard InChI is InChI=1S/C22H31FN2O3/c1-3-8-27-13-21(26)24-10-17-18-12-25(14-22(18)7-6-20(17)28-22)11-16-5-4-15(2)9-19(16)23/h4-5,9,17-18,20H,3,6-8,10-14H2,1-2H3,(H,24,26)/t17-,18+,20+,22+/m0/s1. The van der Waals surface area contributed by atoms with Crippen molar-refractivity contribution in [2.75, 3.05) is 32.8 Å². The summed E-state index contributed by atoms with van der Waals surface area (Å²) in [6.45, 7) is 7.67. The molecule has 0 aliphatic carbocycles. The largest absolute Gasteiger partial charge is 0.372 e. The fraction of sp³-hybridized carbons (Fsp3) is 0.682. The lowest BCUT2D eigenvalue weighted by Crippen LogP contribution is -2.42. The van der Waals surface area contributed by atoms with Crippen LogP contribution in [-0.4, -0.2) is 55.4 Å². The van der Waals surface area contributed by atoms with Gasteiger partial charge in [0.2, 0.25) is 5.91 Å². The van der Waals surface area contributed by atoms with E-state index in [4.69, 9.17) is 9.47 Å². The predicted molar refractivity (Wildman–Crippen MR) is 104 cm³/mol. The molecule has 4 atom stereocenters. The molecule has 1 amide bonds. The molecule has 28 heavy (non-hydrogen) atoms. The first-order chi connectivity index (χ1) is 13.5. The van der Waals surface area contributed by atoms with Crippen LogP contribution in [0.2, 0.25) is 0 Å². The zero-order valence-corrected chi connectivity index (χ0v) is 16.9. The molecule has 1 aromatic rings. The second-order valence-corrected chi connectivity index (χ2v) is 8.65. The quantitative estimate of drug-likeness (QED) is 0.694. The van der Waals surface area contributed by atoms with Gasteiger partial charge < -0.3 is 14.8 Å². The predicted octanol–water partition coefficient (Wildman–Crippen LogP) is 2.66.